The van der Waals surface area contributed by atoms with Gasteiger partial charge in [0, 0.05) is 5.41 Å². The lowest BCUT2D eigenvalue weighted by Gasteiger charge is -2.23. The summed E-state index contributed by atoms with van der Waals surface area (Å²) < 4.78 is 0. The lowest BCUT2D eigenvalue weighted by Crippen LogP contribution is -2.38. The Morgan fingerprint density at radius 2 is 1.65 bits per heavy atom. The summed E-state index contributed by atoms with van der Waals surface area (Å²) in [5, 5.41) is 12.9. The van der Waals surface area contributed by atoms with E-state index in [-0.39, 0.29) is 24.7 Å². The number of benzene rings is 1. The second-order valence-electron chi connectivity index (χ2n) is 6.27. The van der Waals surface area contributed by atoms with E-state index < -0.39 is 11.0 Å². The van der Waals surface area contributed by atoms with Crippen LogP contribution >= 0.6 is 0 Å². The van der Waals surface area contributed by atoms with Crippen LogP contribution in [-0.2, 0) is 15.2 Å². The van der Waals surface area contributed by atoms with Gasteiger partial charge in [0.25, 0.3) is 0 Å². The quantitative estimate of drug-likeness (QED) is 0.865. The Morgan fingerprint density at radius 1 is 1.10 bits per heavy atom. The Bertz CT molecular complexity index is 472. The van der Waals surface area contributed by atoms with E-state index in [1.165, 1.54) is 0 Å². The summed E-state index contributed by atoms with van der Waals surface area (Å²) in [7, 11) is 0. The molecule has 4 nitrogen and oxygen atoms in total. The van der Waals surface area contributed by atoms with Crippen LogP contribution in [0.4, 0.5) is 0 Å². The van der Waals surface area contributed by atoms with Gasteiger partial charge in [-0.05, 0) is 12.5 Å². The van der Waals surface area contributed by atoms with E-state index in [1.807, 2.05) is 39.0 Å². The van der Waals surface area contributed by atoms with Crippen LogP contribution < -0.4 is 5.32 Å². The standard InChI is InChI=1S/C16H23NO3/c1-15(2,3)13(18)11-17-14(19)10-16(4,20)12-8-6-5-7-9-12/h5-9,20H,10-11H2,1-4H3,(H,17,19). The first kappa shape index (κ1) is 16.4. The molecule has 20 heavy (non-hydrogen) atoms. The first-order chi connectivity index (χ1) is 9.13. The molecule has 0 bridgehead atoms. The normalized spacial score (nSPS) is 14.4. The highest BCUT2D eigenvalue weighted by Crippen LogP contribution is 2.23. The Labute approximate surface area is 120 Å². The molecule has 0 saturated heterocycles. The van der Waals surface area contributed by atoms with Gasteiger partial charge in [-0.1, -0.05) is 51.1 Å². The zero-order valence-corrected chi connectivity index (χ0v) is 12.6. The SMILES string of the molecule is CC(C)(C)C(=O)CNC(=O)CC(C)(O)c1ccccc1. The Morgan fingerprint density at radius 3 is 2.15 bits per heavy atom. The van der Waals surface area contributed by atoms with Crippen LogP contribution in [0.1, 0.15) is 39.7 Å². The highest BCUT2D eigenvalue weighted by Gasteiger charge is 2.27. The van der Waals surface area contributed by atoms with Crippen molar-refractivity contribution in [1.82, 2.24) is 5.32 Å². The number of carbonyl (C=O) groups excluding carboxylic acids is 2. The van der Waals surface area contributed by atoms with Gasteiger partial charge in [0.15, 0.2) is 5.78 Å². The third-order valence-corrected chi connectivity index (χ3v) is 3.18. The second kappa shape index (κ2) is 6.18. The minimum absolute atomic E-state index is 0.00674. The zero-order valence-electron chi connectivity index (χ0n) is 12.6. The van der Waals surface area contributed by atoms with Crippen molar-refractivity contribution in [1.29, 1.82) is 0 Å². The van der Waals surface area contributed by atoms with E-state index in [9.17, 15) is 14.7 Å². The Balaban J connectivity index is 2.56. The zero-order chi connectivity index (χ0) is 15.4. The van der Waals surface area contributed by atoms with E-state index >= 15 is 0 Å². The van der Waals surface area contributed by atoms with Crippen molar-refractivity contribution in [3.05, 3.63) is 35.9 Å². The summed E-state index contributed by atoms with van der Waals surface area (Å²) in [6, 6.07) is 9.01. The number of Topliss-reactive ketones (excluding diaryl/α,β-unsaturated/α-hetero) is 1. The number of amides is 1. The average molecular weight is 277 g/mol. The fourth-order valence-corrected chi connectivity index (χ4v) is 1.72. The first-order valence-electron chi connectivity index (χ1n) is 6.71. The topological polar surface area (TPSA) is 66.4 Å². The van der Waals surface area contributed by atoms with E-state index in [2.05, 4.69) is 5.32 Å². The van der Waals surface area contributed by atoms with Crippen LogP contribution in [0, 0.1) is 5.41 Å². The fraction of sp³-hybridized carbons (Fsp3) is 0.500. The summed E-state index contributed by atoms with van der Waals surface area (Å²) in [4.78, 5) is 23.6. The van der Waals surface area contributed by atoms with Gasteiger partial charge in [0.1, 0.15) is 0 Å². The van der Waals surface area contributed by atoms with Crippen LogP contribution in [0.2, 0.25) is 0 Å². The lowest BCUT2D eigenvalue weighted by atomic mass is 9.90. The second-order valence-corrected chi connectivity index (χ2v) is 6.27. The fourth-order valence-electron chi connectivity index (χ4n) is 1.72. The number of carbonyl (C=O) groups is 2. The van der Waals surface area contributed by atoms with Crippen LogP contribution in [0.5, 0.6) is 0 Å². The monoisotopic (exact) mass is 277 g/mol. The maximum atomic E-state index is 11.8. The average Bonchev–Trinajstić information content (AvgIpc) is 2.35. The molecule has 0 aromatic heterocycles. The maximum Gasteiger partial charge on any atom is 0.223 e. The van der Waals surface area contributed by atoms with Crippen LogP contribution in [0.3, 0.4) is 0 Å². The van der Waals surface area contributed by atoms with Crippen molar-refractivity contribution in [2.24, 2.45) is 5.41 Å². The van der Waals surface area contributed by atoms with Gasteiger partial charge in [-0.3, -0.25) is 9.59 Å². The summed E-state index contributed by atoms with van der Waals surface area (Å²) in [6.07, 6.45) is -0.0750. The molecule has 1 aromatic carbocycles. The third-order valence-electron chi connectivity index (χ3n) is 3.18. The van der Waals surface area contributed by atoms with Crippen molar-refractivity contribution < 1.29 is 14.7 Å². The molecular formula is C16H23NO3. The van der Waals surface area contributed by atoms with Gasteiger partial charge in [0.2, 0.25) is 5.91 Å². The molecule has 1 amide bonds. The number of ketones is 1. The number of hydrogen-bond donors (Lipinski definition) is 2. The maximum absolute atomic E-state index is 11.8. The smallest absolute Gasteiger partial charge is 0.223 e. The third kappa shape index (κ3) is 4.78. The van der Waals surface area contributed by atoms with Gasteiger partial charge >= 0.3 is 0 Å². The molecule has 0 aliphatic rings. The molecule has 0 saturated carbocycles. The van der Waals surface area contributed by atoms with E-state index in [0.717, 1.165) is 0 Å². The summed E-state index contributed by atoms with van der Waals surface area (Å²) >= 11 is 0. The molecular weight excluding hydrogens is 254 g/mol. The molecule has 110 valence electrons. The molecule has 1 atom stereocenters. The molecule has 0 heterocycles. The molecule has 4 heteroatoms. The van der Waals surface area contributed by atoms with Crippen molar-refractivity contribution in [2.45, 2.75) is 39.7 Å². The molecule has 0 aliphatic heterocycles. The van der Waals surface area contributed by atoms with Crippen molar-refractivity contribution in [2.75, 3.05) is 6.54 Å². The molecule has 1 aromatic rings. The number of aliphatic hydroxyl groups is 1. The molecule has 0 aliphatic carbocycles. The summed E-state index contributed by atoms with van der Waals surface area (Å²) in [5.74, 6) is -0.373. The summed E-state index contributed by atoms with van der Waals surface area (Å²) in [6.45, 7) is 7.01. The molecule has 1 unspecified atom stereocenters. The van der Waals surface area contributed by atoms with Gasteiger partial charge < -0.3 is 10.4 Å². The van der Waals surface area contributed by atoms with Crippen molar-refractivity contribution >= 4 is 11.7 Å². The van der Waals surface area contributed by atoms with Gasteiger partial charge in [-0.2, -0.15) is 0 Å². The first-order valence-corrected chi connectivity index (χ1v) is 6.71. The highest BCUT2D eigenvalue weighted by molar-refractivity contribution is 5.89. The van der Waals surface area contributed by atoms with E-state index in [0.29, 0.717) is 5.56 Å². The minimum Gasteiger partial charge on any atom is -0.385 e. The molecule has 1 rings (SSSR count). The largest absolute Gasteiger partial charge is 0.385 e. The predicted molar refractivity (Wildman–Crippen MR) is 78.1 cm³/mol. The number of rotatable bonds is 5. The lowest BCUT2D eigenvalue weighted by molar-refractivity contribution is -0.131. The molecule has 0 fully saturated rings. The molecule has 0 spiro atoms. The summed E-state index contributed by atoms with van der Waals surface area (Å²) in [5.41, 5.74) is -1.04. The van der Waals surface area contributed by atoms with Gasteiger partial charge in [-0.25, -0.2) is 0 Å². The molecule has 0 radical (unpaired) electrons. The molecule has 2 N–H and O–H groups in total. The van der Waals surface area contributed by atoms with Gasteiger partial charge in [0.05, 0.1) is 18.6 Å². The Hall–Kier alpha value is -1.68. The van der Waals surface area contributed by atoms with Crippen LogP contribution in [0.25, 0.3) is 0 Å². The van der Waals surface area contributed by atoms with Gasteiger partial charge in [-0.15, -0.1) is 0 Å². The number of nitrogens with one attached hydrogen (secondary N) is 1. The van der Waals surface area contributed by atoms with E-state index in [1.54, 1.807) is 19.1 Å². The van der Waals surface area contributed by atoms with Crippen LogP contribution in [0.15, 0.2) is 30.3 Å². The Kier molecular flexibility index (Phi) is 5.06. The number of hydrogen-bond acceptors (Lipinski definition) is 3. The predicted octanol–water partition coefficient (Wildman–Crippen LogP) is 2.02. The highest BCUT2D eigenvalue weighted by atomic mass is 16.3. The van der Waals surface area contributed by atoms with E-state index in [4.69, 9.17) is 0 Å². The minimum atomic E-state index is -1.24. The van der Waals surface area contributed by atoms with Crippen molar-refractivity contribution in [3.63, 3.8) is 0 Å². The van der Waals surface area contributed by atoms with Crippen LogP contribution in [-0.4, -0.2) is 23.3 Å². The van der Waals surface area contributed by atoms with Crippen molar-refractivity contribution in [3.8, 4) is 0 Å².